The van der Waals surface area contributed by atoms with Gasteiger partial charge in [0.1, 0.15) is 0 Å². The third kappa shape index (κ3) is 3.10. The average Bonchev–Trinajstić information content (AvgIpc) is 3.33. The Hall–Kier alpha value is -1.60. The Morgan fingerprint density at radius 1 is 0.900 bits per heavy atom. The Balaban J connectivity index is 1.93. The van der Waals surface area contributed by atoms with Gasteiger partial charge in [-0.15, -0.1) is 0 Å². The smallest absolute Gasteiger partial charge is 0.0243 e. The van der Waals surface area contributed by atoms with E-state index in [0.717, 1.165) is 5.92 Å². The minimum absolute atomic E-state index is 0.447. The molecular formula is C19H23N. The van der Waals surface area contributed by atoms with E-state index in [1.54, 1.807) is 0 Å². The number of benzene rings is 2. The zero-order chi connectivity index (χ0) is 13.8. The lowest BCUT2D eigenvalue weighted by molar-refractivity contribution is 0.449. The SMILES string of the molecule is CNC(CC1CC1)C(c1ccccc1)c1ccccc1. The molecule has 1 saturated carbocycles. The van der Waals surface area contributed by atoms with Crippen LogP contribution < -0.4 is 5.32 Å². The molecular weight excluding hydrogens is 242 g/mol. The van der Waals surface area contributed by atoms with Gasteiger partial charge in [0.05, 0.1) is 0 Å². The quantitative estimate of drug-likeness (QED) is 0.825. The molecule has 0 heterocycles. The lowest BCUT2D eigenvalue weighted by Gasteiger charge is -2.28. The molecule has 0 amide bonds. The van der Waals surface area contributed by atoms with Crippen molar-refractivity contribution in [3.8, 4) is 0 Å². The molecule has 1 N–H and O–H groups in total. The zero-order valence-electron chi connectivity index (χ0n) is 12.1. The molecule has 0 aromatic heterocycles. The van der Waals surface area contributed by atoms with E-state index in [4.69, 9.17) is 0 Å². The van der Waals surface area contributed by atoms with Crippen LogP contribution in [0.15, 0.2) is 60.7 Å². The van der Waals surface area contributed by atoms with Gasteiger partial charge in [-0.3, -0.25) is 0 Å². The van der Waals surface area contributed by atoms with Crippen LogP contribution in [0.2, 0.25) is 0 Å². The molecule has 0 saturated heterocycles. The molecule has 104 valence electrons. The van der Waals surface area contributed by atoms with Crippen LogP contribution in [0, 0.1) is 5.92 Å². The van der Waals surface area contributed by atoms with Crippen molar-refractivity contribution < 1.29 is 0 Å². The molecule has 1 aliphatic carbocycles. The molecule has 1 fully saturated rings. The second kappa shape index (κ2) is 6.23. The van der Waals surface area contributed by atoms with Crippen LogP contribution in [0.25, 0.3) is 0 Å². The topological polar surface area (TPSA) is 12.0 Å². The van der Waals surface area contributed by atoms with E-state index in [2.05, 4.69) is 73.0 Å². The third-order valence-electron chi connectivity index (χ3n) is 4.37. The molecule has 1 nitrogen and oxygen atoms in total. The molecule has 1 heteroatoms. The molecule has 3 rings (SSSR count). The van der Waals surface area contributed by atoms with Crippen molar-refractivity contribution in [2.75, 3.05) is 7.05 Å². The summed E-state index contributed by atoms with van der Waals surface area (Å²) in [7, 11) is 2.10. The van der Waals surface area contributed by atoms with E-state index in [1.807, 2.05) is 0 Å². The maximum Gasteiger partial charge on any atom is 0.0243 e. The number of hydrogen-bond acceptors (Lipinski definition) is 1. The monoisotopic (exact) mass is 265 g/mol. The second-order valence-corrected chi connectivity index (χ2v) is 5.87. The maximum absolute atomic E-state index is 3.57. The van der Waals surface area contributed by atoms with E-state index in [-0.39, 0.29) is 0 Å². The number of rotatable bonds is 6. The molecule has 1 atom stereocenters. The largest absolute Gasteiger partial charge is 0.316 e. The predicted octanol–water partition coefficient (Wildman–Crippen LogP) is 4.21. The fourth-order valence-electron chi connectivity index (χ4n) is 3.11. The van der Waals surface area contributed by atoms with Crippen molar-refractivity contribution >= 4 is 0 Å². The van der Waals surface area contributed by atoms with Crippen molar-refractivity contribution in [3.05, 3.63) is 71.8 Å². The fourth-order valence-corrected chi connectivity index (χ4v) is 3.11. The van der Waals surface area contributed by atoms with Crippen LogP contribution in [0.4, 0.5) is 0 Å². The molecule has 1 unspecified atom stereocenters. The number of nitrogens with one attached hydrogen (secondary N) is 1. The van der Waals surface area contributed by atoms with E-state index >= 15 is 0 Å². The Morgan fingerprint density at radius 2 is 1.40 bits per heavy atom. The van der Waals surface area contributed by atoms with Gasteiger partial charge in [0.2, 0.25) is 0 Å². The Kier molecular flexibility index (Phi) is 4.17. The molecule has 0 aliphatic heterocycles. The summed E-state index contributed by atoms with van der Waals surface area (Å²) in [5.41, 5.74) is 2.83. The van der Waals surface area contributed by atoms with Gasteiger partial charge in [-0.2, -0.15) is 0 Å². The summed E-state index contributed by atoms with van der Waals surface area (Å²) in [4.78, 5) is 0. The minimum atomic E-state index is 0.447. The van der Waals surface area contributed by atoms with Crippen molar-refractivity contribution in [1.29, 1.82) is 0 Å². The van der Waals surface area contributed by atoms with Gasteiger partial charge >= 0.3 is 0 Å². The van der Waals surface area contributed by atoms with Crippen LogP contribution in [0.3, 0.4) is 0 Å². The highest BCUT2D eigenvalue weighted by molar-refractivity contribution is 5.34. The minimum Gasteiger partial charge on any atom is -0.316 e. The highest BCUT2D eigenvalue weighted by Gasteiger charge is 2.30. The van der Waals surface area contributed by atoms with Crippen LogP contribution in [-0.2, 0) is 0 Å². The first-order valence-electron chi connectivity index (χ1n) is 7.65. The maximum atomic E-state index is 3.57. The summed E-state index contributed by atoms with van der Waals surface area (Å²) in [6, 6.07) is 22.3. The molecule has 0 radical (unpaired) electrons. The highest BCUT2D eigenvalue weighted by atomic mass is 14.9. The van der Waals surface area contributed by atoms with Crippen molar-refractivity contribution in [2.24, 2.45) is 5.92 Å². The van der Waals surface area contributed by atoms with Crippen molar-refractivity contribution in [3.63, 3.8) is 0 Å². The van der Waals surface area contributed by atoms with Gasteiger partial charge in [-0.25, -0.2) is 0 Å². The van der Waals surface area contributed by atoms with Gasteiger partial charge in [0.25, 0.3) is 0 Å². The third-order valence-corrected chi connectivity index (χ3v) is 4.37. The van der Waals surface area contributed by atoms with E-state index in [9.17, 15) is 0 Å². The standard InChI is InChI=1S/C19H23N/c1-20-18(14-15-12-13-15)19(16-8-4-2-5-9-16)17-10-6-3-7-11-17/h2-11,15,18-20H,12-14H2,1H3. The summed E-state index contributed by atoms with van der Waals surface area (Å²) in [5, 5.41) is 3.57. The number of likely N-dealkylation sites (N-methyl/N-ethyl adjacent to an activating group) is 1. The Labute approximate surface area is 122 Å². The first-order chi connectivity index (χ1) is 9.88. The molecule has 1 aliphatic rings. The second-order valence-electron chi connectivity index (χ2n) is 5.87. The molecule has 2 aromatic rings. The van der Waals surface area contributed by atoms with E-state index < -0.39 is 0 Å². The van der Waals surface area contributed by atoms with Crippen molar-refractivity contribution in [1.82, 2.24) is 5.32 Å². The molecule has 20 heavy (non-hydrogen) atoms. The molecule has 0 bridgehead atoms. The van der Waals surface area contributed by atoms with Crippen LogP contribution in [0.1, 0.15) is 36.3 Å². The summed E-state index contributed by atoms with van der Waals surface area (Å²) in [6.07, 6.45) is 4.11. The van der Waals surface area contributed by atoms with Crippen LogP contribution in [-0.4, -0.2) is 13.1 Å². The molecule has 0 spiro atoms. The zero-order valence-corrected chi connectivity index (χ0v) is 12.1. The first kappa shape index (κ1) is 13.4. The lowest BCUT2D eigenvalue weighted by Crippen LogP contribution is -2.33. The van der Waals surface area contributed by atoms with Crippen molar-refractivity contribution in [2.45, 2.75) is 31.2 Å². The Morgan fingerprint density at radius 3 is 1.80 bits per heavy atom. The highest BCUT2D eigenvalue weighted by Crippen LogP contribution is 2.38. The normalized spacial score (nSPS) is 16.3. The average molecular weight is 265 g/mol. The summed E-state index contributed by atoms with van der Waals surface area (Å²) >= 11 is 0. The van der Waals surface area contributed by atoms with E-state index in [1.165, 1.54) is 30.4 Å². The molecule has 2 aromatic carbocycles. The number of hydrogen-bond donors (Lipinski definition) is 1. The van der Waals surface area contributed by atoms with Gasteiger partial charge in [-0.05, 0) is 30.5 Å². The Bertz CT molecular complexity index is 476. The lowest BCUT2D eigenvalue weighted by atomic mass is 9.83. The van der Waals surface area contributed by atoms with Gasteiger partial charge in [0, 0.05) is 12.0 Å². The fraction of sp³-hybridized carbons (Fsp3) is 0.368. The van der Waals surface area contributed by atoms with Crippen LogP contribution in [0.5, 0.6) is 0 Å². The summed E-state index contributed by atoms with van der Waals surface area (Å²) in [5.74, 6) is 1.38. The van der Waals surface area contributed by atoms with Gasteiger partial charge < -0.3 is 5.32 Å². The van der Waals surface area contributed by atoms with Gasteiger partial charge in [-0.1, -0.05) is 73.5 Å². The summed E-state index contributed by atoms with van der Waals surface area (Å²) < 4.78 is 0. The predicted molar refractivity (Wildman–Crippen MR) is 84.9 cm³/mol. The summed E-state index contributed by atoms with van der Waals surface area (Å²) in [6.45, 7) is 0. The van der Waals surface area contributed by atoms with E-state index in [0.29, 0.717) is 12.0 Å². The van der Waals surface area contributed by atoms with Crippen LogP contribution >= 0.6 is 0 Å². The van der Waals surface area contributed by atoms with Gasteiger partial charge in [0.15, 0.2) is 0 Å². The first-order valence-corrected chi connectivity index (χ1v) is 7.65.